The number of hydrogen-bond acceptors (Lipinski definition) is 4. The van der Waals surface area contributed by atoms with E-state index in [-0.39, 0.29) is 0 Å². The Balaban J connectivity index is 2.28. The first-order valence-corrected chi connectivity index (χ1v) is 5.32. The van der Waals surface area contributed by atoms with Crippen LogP contribution >= 0.6 is 0 Å². The van der Waals surface area contributed by atoms with E-state index in [1.54, 1.807) is 6.07 Å². The monoisotopic (exact) mass is 217 g/mol. The molecule has 1 saturated heterocycles. The molecular weight excluding hydrogens is 202 g/mol. The van der Waals surface area contributed by atoms with Crippen molar-refractivity contribution in [2.75, 3.05) is 30.9 Å². The van der Waals surface area contributed by atoms with Crippen LogP contribution in [0.1, 0.15) is 12.0 Å². The zero-order valence-electron chi connectivity index (χ0n) is 9.31. The van der Waals surface area contributed by atoms with Crippen LogP contribution in [0.15, 0.2) is 18.2 Å². The molecule has 0 amide bonds. The van der Waals surface area contributed by atoms with Gasteiger partial charge in [-0.05, 0) is 24.6 Å². The fourth-order valence-corrected chi connectivity index (χ4v) is 1.97. The van der Waals surface area contributed by atoms with Crippen LogP contribution in [0.2, 0.25) is 0 Å². The molecule has 0 spiro atoms. The van der Waals surface area contributed by atoms with Crippen LogP contribution in [0, 0.1) is 11.3 Å². The number of nitrogen functional groups attached to an aromatic ring is 1. The van der Waals surface area contributed by atoms with Gasteiger partial charge in [0, 0.05) is 19.3 Å². The Morgan fingerprint density at radius 3 is 3.00 bits per heavy atom. The summed E-state index contributed by atoms with van der Waals surface area (Å²) in [6.45, 7) is 1.53. The zero-order valence-corrected chi connectivity index (χ0v) is 9.31. The summed E-state index contributed by atoms with van der Waals surface area (Å²) in [7, 11) is 1.99. The van der Waals surface area contributed by atoms with E-state index in [0.717, 1.165) is 25.3 Å². The van der Waals surface area contributed by atoms with Gasteiger partial charge >= 0.3 is 0 Å². The van der Waals surface area contributed by atoms with Crippen molar-refractivity contribution in [3.8, 4) is 6.07 Å². The smallest absolute Gasteiger partial charge is 0.101 e. The molecule has 0 aliphatic carbocycles. The third kappa shape index (κ3) is 1.95. The Kier molecular flexibility index (Phi) is 2.97. The Bertz CT molecular complexity index is 419. The van der Waals surface area contributed by atoms with E-state index < -0.39 is 0 Å². The number of nitrogens with zero attached hydrogens (tertiary/aromatic N) is 2. The minimum absolute atomic E-state index is 0.357. The van der Waals surface area contributed by atoms with Crippen LogP contribution in [0.3, 0.4) is 0 Å². The van der Waals surface area contributed by atoms with Gasteiger partial charge in [0.1, 0.15) is 6.07 Å². The lowest BCUT2D eigenvalue weighted by molar-refractivity contribution is 0.193. The van der Waals surface area contributed by atoms with Crippen LogP contribution in [0.4, 0.5) is 11.4 Å². The minimum Gasteiger partial charge on any atom is -0.399 e. The molecule has 16 heavy (non-hydrogen) atoms. The van der Waals surface area contributed by atoms with E-state index in [1.165, 1.54) is 0 Å². The highest BCUT2D eigenvalue weighted by Crippen LogP contribution is 2.25. The molecule has 1 fully saturated rings. The van der Waals surface area contributed by atoms with E-state index in [0.29, 0.717) is 17.3 Å². The standard InChI is InChI=1S/C12H15N3O/c1-15(11-4-5-16-8-11)12-3-2-10(14)6-9(12)7-13/h2-3,6,11H,4-5,8,14H2,1H3. The van der Waals surface area contributed by atoms with Gasteiger partial charge in [-0.2, -0.15) is 5.26 Å². The predicted octanol–water partition coefficient (Wildman–Crippen LogP) is 1.37. The van der Waals surface area contributed by atoms with Crippen LogP contribution in [-0.4, -0.2) is 26.3 Å². The van der Waals surface area contributed by atoms with Crippen LogP contribution in [-0.2, 0) is 4.74 Å². The maximum Gasteiger partial charge on any atom is 0.101 e. The number of anilines is 2. The highest BCUT2D eigenvalue weighted by molar-refractivity contribution is 5.64. The molecular formula is C12H15N3O. The normalized spacial score (nSPS) is 19.4. The minimum atomic E-state index is 0.357. The lowest BCUT2D eigenvalue weighted by atomic mass is 10.1. The molecule has 1 heterocycles. The number of nitriles is 1. The van der Waals surface area contributed by atoms with Gasteiger partial charge in [0.2, 0.25) is 0 Å². The topological polar surface area (TPSA) is 62.3 Å². The molecule has 1 unspecified atom stereocenters. The second kappa shape index (κ2) is 4.42. The summed E-state index contributed by atoms with van der Waals surface area (Å²) in [5, 5.41) is 9.07. The lowest BCUT2D eigenvalue weighted by Gasteiger charge is -2.26. The molecule has 2 N–H and O–H groups in total. The summed E-state index contributed by atoms with van der Waals surface area (Å²) in [6, 6.07) is 7.96. The molecule has 0 aromatic heterocycles. The molecule has 0 radical (unpaired) electrons. The van der Waals surface area contributed by atoms with Gasteiger partial charge in [-0.3, -0.25) is 0 Å². The van der Waals surface area contributed by atoms with Gasteiger partial charge in [0.25, 0.3) is 0 Å². The third-order valence-electron chi connectivity index (χ3n) is 2.97. The Hall–Kier alpha value is -1.73. The first-order valence-electron chi connectivity index (χ1n) is 5.32. The fourth-order valence-electron chi connectivity index (χ4n) is 1.97. The van der Waals surface area contributed by atoms with Crippen molar-refractivity contribution in [3.63, 3.8) is 0 Å². The fraction of sp³-hybridized carbons (Fsp3) is 0.417. The average Bonchev–Trinajstić information content (AvgIpc) is 2.81. The van der Waals surface area contributed by atoms with Crippen molar-refractivity contribution in [2.24, 2.45) is 0 Å². The highest BCUT2D eigenvalue weighted by atomic mass is 16.5. The van der Waals surface area contributed by atoms with E-state index in [4.69, 9.17) is 15.7 Å². The Labute approximate surface area is 95.2 Å². The van der Waals surface area contributed by atoms with E-state index in [9.17, 15) is 0 Å². The van der Waals surface area contributed by atoms with Gasteiger partial charge in [-0.15, -0.1) is 0 Å². The molecule has 4 heteroatoms. The summed E-state index contributed by atoms with van der Waals surface area (Å²) in [5.74, 6) is 0. The van der Waals surface area contributed by atoms with Gasteiger partial charge < -0.3 is 15.4 Å². The van der Waals surface area contributed by atoms with Crippen molar-refractivity contribution in [2.45, 2.75) is 12.5 Å². The number of hydrogen-bond donors (Lipinski definition) is 1. The second-order valence-electron chi connectivity index (χ2n) is 4.02. The van der Waals surface area contributed by atoms with Gasteiger partial charge in [-0.25, -0.2) is 0 Å². The lowest BCUT2D eigenvalue weighted by Crippen LogP contribution is -2.32. The molecule has 1 aromatic carbocycles. The molecule has 0 saturated carbocycles. The van der Waals surface area contributed by atoms with Gasteiger partial charge in [0.15, 0.2) is 0 Å². The maximum absolute atomic E-state index is 9.07. The number of likely N-dealkylation sites (N-methyl/N-ethyl adjacent to an activating group) is 1. The van der Waals surface area contributed by atoms with E-state index in [1.807, 2.05) is 19.2 Å². The van der Waals surface area contributed by atoms with Gasteiger partial charge in [0.05, 0.1) is 23.9 Å². The molecule has 1 aromatic rings. The predicted molar refractivity (Wildman–Crippen MR) is 63.2 cm³/mol. The van der Waals surface area contributed by atoms with Crippen LogP contribution < -0.4 is 10.6 Å². The highest BCUT2D eigenvalue weighted by Gasteiger charge is 2.22. The molecule has 2 rings (SSSR count). The molecule has 1 atom stereocenters. The molecule has 84 valence electrons. The largest absolute Gasteiger partial charge is 0.399 e. The summed E-state index contributed by atoms with van der Waals surface area (Å²) in [4.78, 5) is 2.10. The third-order valence-corrected chi connectivity index (χ3v) is 2.97. The van der Waals surface area contributed by atoms with Crippen molar-refractivity contribution in [1.82, 2.24) is 0 Å². The summed E-state index contributed by atoms with van der Waals surface area (Å²) in [5.41, 5.74) is 7.83. The second-order valence-corrected chi connectivity index (χ2v) is 4.02. The van der Waals surface area contributed by atoms with E-state index in [2.05, 4.69) is 11.0 Å². The quantitative estimate of drug-likeness (QED) is 0.760. The first kappa shape index (κ1) is 10.8. The van der Waals surface area contributed by atoms with Crippen LogP contribution in [0.25, 0.3) is 0 Å². The molecule has 4 nitrogen and oxygen atoms in total. The molecule has 1 aliphatic rings. The van der Waals surface area contributed by atoms with Gasteiger partial charge in [-0.1, -0.05) is 0 Å². The summed E-state index contributed by atoms with van der Waals surface area (Å²) >= 11 is 0. The average molecular weight is 217 g/mol. The first-order chi connectivity index (χ1) is 7.72. The molecule has 0 bridgehead atoms. The SMILES string of the molecule is CN(c1ccc(N)cc1C#N)C1CCOC1. The van der Waals surface area contributed by atoms with Crippen molar-refractivity contribution in [3.05, 3.63) is 23.8 Å². The Morgan fingerprint density at radius 1 is 1.56 bits per heavy atom. The number of benzene rings is 1. The number of ether oxygens (including phenoxy) is 1. The summed E-state index contributed by atoms with van der Waals surface area (Å²) in [6.07, 6.45) is 1.01. The number of rotatable bonds is 2. The number of nitrogens with two attached hydrogens (primary N) is 1. The molecule has 1 aliphatic heterocycles. The zero-order chi connectivity index (χ0) is 11.5. The summed E-state index contributed by atoms with van der Waals surface area (Å²) < 4.78 is 5.35. The Morgan fingerprint density at radius 2 is 2.38 bits per heavy atom. The van der Waals surface area contributed by atoms with Crippen LogP contribution in [0.5, 0.6) is 0 Å². The van der Waals surface area contributed by atoms with Crippen molar-refractivity contribution in [1.29, 1.82) is 5.26 Å². The van der Waals surface area contributed by atoms with E-state index >= 15 is 0 Å². The maximum atomic E-state index is 9.07. The van der Waals surface area contributed by atoms with Crippen molar-refractivity contribution >= 4 is 11.4 Å². The van der Waals surface area contributed by atoms with Crippen molar-refractivity contribution < 1.29 is 4.74 Å².